The van der Waals surface area contributed by atoms with Gasteiger partial charge in [0.2, 0.25) is 0 Å². The molecule has 0 spiro atoms. The van der Waals surface area contributed by atoms with Crippen molar-refractivity contribution in [1.82, 2.24) is 0 Å². The molecule has 0 saturated heterocycles. The normalized spacial score (nSPS) is 10.3. The Balaban J connectivity index is 2.05. The first kappa shape index (κ1) is 9.84. The molecule has 15 heavy (non-hydrogen) atoms. The number of ether oxygens (including phenoxy) is 1. The Morgan fingerprint density at radius 2 is 1.87 bits per heavy atom. The quantitative estimate of drug-likeness (QED) is 0.760. The highest BCUT2D eigenvalue weighted by molar-refractivity contribution is 5.33. The fourth-order valence-electron chi connectivity index (χ4n) is 1.57. The van der Waals surface area contributed by atoms with Gasteiger partial charge in [0, 0.05) is 0 Å². The van der Waals surface area contributed by atoms with Gasteiger partial charge in [-0.05, 0) is 49.2 Å². The van der Waals surface area contributed by atoms with Crippen molar-refractivity contribution in [1.29, 1.82) is 0 Å². The lowest BCUT2D eigenvalue weighted by Crippen LogP contribution is -1.94. The summed E-state index contributed by atoms with van der Waals surface area (Å²) in [6, 6.07) is 9.94. The third-order valence-corrected chi connectivity index (χ3v) is 2.16. The molecule has 1 aromatic carbocycles. The van der Waals surface area contributed by atoms with E-state index in [9.17, 15) is 0 Å². The van der Waals surface area contributed by atoms with Gasteiger partial charge >= 0.3 is 0 Å². The molecule has 0 aliphatic carbocycles. The van der Waals surface area contributed by atoms with Crippen LogP contribution in [0.1, 0.15) is 16.9 Å². The van der Waals surface area contributed by atoms with Crippen LogP contribution in [0.5, 0.6) is 5.75 Å². The highest BCUT2D eigenvalue weighted by Gasteiger charge is 1.99. The molecule has 0 fully saturated rings. The lowest BCUT2D eigenvalue weighted by atomic mass is 10.1. The molecule has 0 amide bonds. The van der Waals surface area contributed by atoms with E-state index in [4.69, 9.17) is 9.15 Å². The number of hydrogen-bond donors (Lipinski definition) is 0. The minimum Gasteiger partial charge on any atom is -0.486 e. The number of hydrogen-bond acceptors (Lipinski definition) is 2. The minimum absolute atomic E-state index is 0.482. The summed E-state index contributed by atoms with van der Waals surface area (Å²) in [6.07, 6.45) is 1.65. The Labute approximate surface area is 89.5 Å². The Morgan fingerprint density at radius 3 is 2.47 bits per heavy atom. The van der Waals surface area contributed by atoms with Gasteiger partial charge in [-0.1, -0.05) is 6.07 Å². The van der Waals surface area contributed by atoms with Gasteiger partial charge in [-0.2, -0.15) is 0 Å². The summed E-state index contributed by atoms with van der Waals surface area (Å²) in [4.78, 5) is 0. The highest BCUT2D eigenvalue weighted by atomic mass is 16.5. The van der Waals surface area contributed by atoms with Crippen molar-refractivity contribution in [2.45, 2.75) is 20.5 Å². The molecule has 2 rings (SSSR count). The molecule has 0 aliphatic heterocycles. The fraction of sp³-hybridized carbons (Fsp3) is 0.231. The Morgan fingerprint density at radius 1 is 1.13 bits per heavy atom. The monoisotopic (exact) mass is 202 g/mol. The highest BCUT2D eigenvalue weighted by Crippen LogP contribution is 2.17. The molecule has 0 radical (unpaired) electrons. The summed E-state index contributed by atoms with van der Waals surface area (Å²) >= 11 is 0. The van der Waals surface area contributed by atoms with Gasteiger partial charge in [0.25, 0.3) is 0 Å². The van der Waals surface area contributed by atoms with Crippen LogP contribution in [0.2, 0.25) is 0 Å². The van der Waals surface area contributed by atoms with Crippen molar-refractivity contribution in [2.24, 2.45) is 0 Å². The minimum atomic E-state index is 0.482. The molecule has 2 nitrogen and oxygen atoms in total. The number of aryl methyl sites for hydroxylation is 2. The van der Waals surface area contributed by atoms with Gasteiger partial charge in [0.05, 0.1) is 6.26 Å². The second-order valence-corrected chi connectivity index (χ2v) is 3.69. The van der Waals surface area contributed by atoms with Crippen molar-refractivity contribution >= 4 is 0 Å². The maximum absolute atomic E-state index is 5.62. The molecule has 78 valence electrons. The van der Waals surface area contributed by atoms with Crippen LogP contribution in [0.25, 0.3) is 0 Å². The maximum Gasteiger partial charge on any atom is 0.146 e. The molecule has 0 atom stereocenters. The van der Waals surface area contributed by atoms with Crippen LogP contribution in [0.15, 0.2) is 41.0 Å². The van der Waals surface area contributed by atoms with E-state index in [0.29, 0.717) is 6.61 Å². The fourth-order valence-corrected chi connectivity index (χ4v) is 1.57. The van der Waals surface area contributed by atoms with Gasteiger partial charge in [-0.25, -0.2) is 0 Å². The number of benzene rings is 1. The number of furan rings is 1. The maximum atomic E-state index is 5.62. The molecule has 0 N–H and O–H groups in total. The Kier molecular flexibility index (Phi) is 2.77. The van der Waals surface area contributed by atoms with Gasteiger partial charge < -0.3 is 9.15 Å². The van der Waals surface area contributed by atoms with Crippen molar-refractivity contribution in [2.75, 3.05) is 0 Å². The van der Waals surface area contributed by atoms with Crippen LogP contribution in [-0.4, -0.2) is 0 Å². The summed E-state index contributed by atoms with van der Waals surface area (Å²) < 4.78 is 10.8. The predicted molar refractivity (Wildman–Crippen MR) is 59.0 cm³/mol. The van der Waals surface area contributed by atoms with Crippen molar-refractivity contribution in [3.05, 3.63) is 53.5 Å². The van der Waals surface area contributed by atoms with Gasteiger partial charge in [-0.15, -0.1) is 0 Å². The van der Waals surface area contributed by atoms with Crippen molar-refractivity contribution in [3.63, 3.8) is 0 Å². The predicted octanol–water partition coefficient (Wildman–Crippen LogP) is 3.48. The smallest absolute Gasteiger partial charge is 0.146 e. The van der Waals surface area contributed by atoms with Crippen molar-refractivity contribution < 1.29 is 9.15 Å². The van der Waals surface area contributed by atoms with Crippen LogP contribution in [0.4, 0.5) is 0 Å². The van der Waals surface area contributed by atoms with Crippen LogP contribution < -0.4 is 4.74 Å². The first-order valence-electron chi connectivity index (χ1n) is 4.97. The van der Waals surface area contributed by atoms with E-state index in [0.717, 1.165) is 11.5 Å². The van der Waals surface area contributed by atoms with Crippen LogP contribution >= 0.6 is 0 Å². The largest absolute Gasteiger partial charge is 0.486 e. The van der Waals surface area contributed by atoms with E-state index in [1.807, 2.05) is 24.3 Å². The number of rotatable bonds is 3. The Hall–Kier alpha value is -1.70. The standard InChI is InChI=1S/C13H14O2/c1-10-6-11(2)8-13(7-10)15-9-12-4-3-5-14-12/h3-8H,9H2,1-2H3. The molecule has 0 saturated carbocycles. The van der Waals surface area contributed by atoms with E-state index in [-0.39, 0.29) is 0 Å². The third-order valence-electron chi connectivity index (χ3n) is 2.16. The summed E-state index contributed by atoms with van der Waals surface area (Å²) in [7, 11) is 0. The SMILES string of the molecule is Cc1cc(C)cc(OCc2ccco2)c1. The van der Waals surface area contributed by atoms with Crippen LogP contribution in [-0.2, 0) is 6.61 Å². The van der Waals surface area contributed by atoms with Crippen LogP contribution in [0, 0.1) is 13.8 Å². The molecular formula is C13H14O2. The lowest BCUT2D eigenvalue weighted by molar-refractivity contribution is 0.270. The van der Waals surface area contributed by atoms with E-state index < -0.39 is 0 Å². The van der Waals surface area contributed by atoms with E-state index in [1.165, 1.54) is 11.1 Å². The molecular weight excluding hydrogens is 188 g/mol. The zero-order valence-electron chi connectivity index (χ0n) is 8.99. The second kappa shape index (κ2) is 4.22. The third kappa shape index (κ3) is 2.62. The molecule has 2 heteroatoms. The molecule has 1 heterocycles. The topological polar surface area (TPSA) is 22.4 Å². The van der Waals surface area contributed by atoms with Crippen molar-refractivity contribution in [3.8, 4) is 5.75 Å². The molecule has 0 unspecified atom stereocenters. The van der Waals surface area contributed by atoms with Gasteiger partial charge in [0.15, 0.2) is 0 Å². The first-order chi connectivity index (χ1) is 7.24. The van der Waals surface area contributed by atoms with E-state index in [2.05, 4.69) is 19.9 Å². The summed E-state index contributed by atoms with van der Waals surface area (Å²) in [5.41, 5.74) is 2.42. The van der Waals surface area contributed by atoms with E-state index in [1.54, 1.807) is 6.26 Å². The van der Waals surface area contributed by atoms with E-state index >= 15 is 0 Å². The van der Waals surface area contributed by atoms with Crippen LogP contribution in [0.3, 0.4) is 0 Å². The summed E-state index contributed by atoms with van der Waals surface area (Å²) in [6.45, 7) is 4.61. The first-order valence-corrected chi connectivity index (χ1v) is 4.97. The molecule has 1 aromatic heterocycles. The molecule has 0 bridgehead atoms. The summed E-state index contributed by atoms with van der Waals surface area (Å²) in [5.74, 6) is 1.73. The zero-order chi connectivity index (χ0) is 10.7. The zero-order valence-corrected chi connectivity index (χ0v) is 8.99. The van der Waals surface area contributed by atoms with Gasteiger partial charge in [0.1, 0.15) is 18.1 Å². The average Bonchev–Trinajstić information content (AvgIpc) is 2.65. The molecule has 0 aliphatic rings. The van der Waals surface area contributed by atoms with Gasteiger partial charge in [-0.3, -0.25) is 0 Å². The lowest BCUT2D eigenvalue weighted by Gasteiger charge is -2.06. The Bertz CT molecular complexity index is 410. The summed E-state index contributed by atoms with van der Waals surface area (Å²) in [5, 5.41) is 0. The average molecular weight is 202 g/mol. The second-order valence-electron chi connectivity index (χ2n) is 3.69. The molecule has 2 aromatic rings.